The second kappa shape index (κ2) is 4.57. The van der Waals surface area contributed by atoms with Gasteiger partial charge in [-0.1, -0.05) is 15.9 Å². The number of carbonyl (C=O) groups is 2. The van der Waals surface area contributed by atoms with E-state index in [1.165, 1.54) is 0 Å². The Labute approximate surface area is 100 Å². The van der Waals surface area contributed by atoms with Crippen molar-refractivity contribution in [2.75, 3.05) is 17.7 Å². The van der Waals surface area contributed by atoms with Crippen LogP contribution >= 0.6 is 27.7 Å². The number of alkyl halides is 1. The number of amides is 1. The van der Waals surface area contributed by atoms with Crippen LogP contribution < -0.4 is 0 Å². The molecule has 6 heteroatoms. The Kier molecular flexibility index (Phi) is 3.35. The molecule has 1 atom stereocenters. The summed E-state index contributed by atoms with van der Waals surface area (Å²) in [5, 5.41) is 0.870. The van der Waals surface area contributed by atoms with Gasteiger partial charge in [-0.05, 0) is 0 Å². The number of halogens is 1. The first kappa shape index (κ1) is 11.0. The zero-order chi connectivity index (χ0) is 10.8. The first-order valence-electron chi connectivity index (χ1n) is 4.59. The smallest absolute Gasteiger partial charge is 0.336 e. The fourth-order valence-corrected chi connectivity index (χ4v) is 2.75. The molecule has 0 saturated carbocycles. The van der Waals surface area contributed by atoms with E-state index in [0.29, 0.717) is 29.7 Å². The lowest BCUT2D eigenvalue weighted by atomic mass is 10.2. The lowest BCUT2D eigenvalue weighted by Crippen LogP contribution is -2.49. The number of ether oxygens (including phenoxy) is 1. The van der Waals surface area contributed by atoms with Gasteiger partial charge in [0.2, 0.25) is 5.91 Å². The molecule has 0 aromatic carbocycles. The molecule has 82 valence electrons. The van der Waals surface area contributed by atoms with Crippen molar-refractivity contribution in [3.8, 4) is 0 Å². The average Bonchev–Trinajstić information content (AvgIpc) is 2.24. The molecule has 2 aliphatic rings. The molecule has 0 N–H and O–H groups in total. The van der Waals surface area contributed by atoms with E-state index in [1.54, 1.807) is 22.9 Å². The molecular formula is C9H10BrNO3S. The second-order valence-corrected chi connectivity index (χ2v) is 5.21. The number of rotatable bonds is 3. The standard InChI is InChI=1S/C9H10BrNO3S/c10-1-2-14-9(13)6-4-11-7(12)3-8(11)15-5-6/h4,8H,1-3,5H2/t8-/m1/s1. The van der Waals surface area contributed by atoms with Crippen molar-refractivity contribution >= 4 is 39.6 Å². The zero-order valence-corrected chi connectivity index (χ0v) is 10.3. The van der Waals surface area contributed by atoms with Gasteiger partial charge >= 0.3 is 5.97 Å². The molecule has 0 bridgehead atoms. The van der Waals surface area contributed by atoms with Crippen molar-refractivity contribution in [1.29, 1.82) is 0 Å². The van der Waals surface area contributed by atoms with E-state index < -0.39 is 0 Å². The average molecular weight is 292 g/mol. The molecule has 0 aromatic heterocycles. The van der Waals surface area contributed by atoms with Crippen LogP contribution in [0.1, 0.15) is 6.42 Å². The summed E-state index contributed by atoms with van der Waals surface area (Å²) in [6, 6.07) is 0. The van der Waals surface area contributed by atoms with Crippen LogP contribution in [0.5, 0.6) is 0 Å². The lowest BCUT2D eigenvalue weighted by Gasteiger charge is -2.40. The maximum absolute atomic E-state index is 11.5. The van der Waals surface area contributed by atoms with Gasteiger partial charge in [0, 0.05) is 17.3 Å². The third kappa shape index (κ3) is 2.20. The Bertz CT molecular complexity index is 331. The van der Waals surface area contributed by atoms with Gasteiger partial charge in [0.25, 0.3) is 0 Å². The summed E-state index contributed by atoms with van der Waals surface area (Å²) in [6.07, 6.45) is 2.22. The highest BCUT2D eigenvalue weighted by Crippen LogP contribution is 2.35. The highest BCUT2D eigenvalue weighted by molar-refractivity contribution is 9.09. The molecule has 0 aromatic rings. The van der Waals surface area contributed by atoms with E-state index in [1.807, 2.05) is 0 Å². The summed E-state index contributed by atoms with van der Waals surface area (Å²) < 4.78 is 4.97. The quantitative estimate of drug-likeness (QED) is 0.444. The number of thioether (sulfide) groups is 1. The molecule has 1 saturated heterocycles. The van der Waals surface area contributed by atoms with Crippen LogP contribution in [0.25, 0.3) is 0 Å². The minimum Gasteiger partial charge on any atom is -0.461 e. The van der Waals surface area contributed by atoms with Crippen LogP contribution in [0.15, 0.2) is 11.8 Å². The van der Waals surface area contributed by atoms with E-state index >= 15 is 0 Å². The van der Waals surface area contributed by atoms with Crippen molar-refractivity contribution in [3.63, 3.8) is 0 Å². The Balaban J connectivity index is 1.97. The largest absolute Gasteiger partial charge is 0.461 e. The van der Waals surface area contributed by atoms with Crippen LogP contribution in [0, 0.1) is 0 Å². The van der Waals surface area contributed by atoms with Gasteiger partial charge in [0.05, 0.1) is 17.4 Å². The monoisotopic (exact) mass is 291 g/mol. The summed E-state index contributed by atoms with van der Waals surface area (Å²) in [6.45, 7) is 0.359. The summed E-state index contributed by atoms with van der Waals surface area (Å²) in [7, 11) is 0. The molecule has 2 heterocycles. The number of carbonyl (C=O) groups excluding carboxylic acids is 2. The molecule has 1 fully saturated rings. The van der Waals surface area contributed by atoms with Gasteiger partial charge in [0.1, 0.15) is 6.61 Å². The summed E-state index contributed by atoms with van der Waals surface area (Å²) >= 11 is 4.79. The van der Waals surface area contributed by atoms with Crippen LogP contribution in [-0.4, -0.2) is 39.8 Å². The number of esters is 1. The molecule has 0 aliphatic carbocycles. The van der Waals surface area contributed by atoms with Crippen molar-refractivity contribution in [2.45, 2.75) is 11.8 Å². The van der Waals surface area contributed by atoms with Crippen LogP contribution in [0.3, 0.4) is 0 Å². The highest BCUT2D eigenvalue weighted by Gasteiger charge is 2.39. The summed E-state index contributed by atoms with van der Waals surface area (Å²) in [4.78, 5) is 24.2. The van der Waals surface area contributed by atoms with Gasteiger partial charge in [0.15, 0.2) is 0 Å². The molecule has 0 unspecified atom stereocenters. The van der Waals surface area contributed by atoms with Gasteiger partial charge in [-0.3, -0.25) is 4.79 Å². The third-order valence-electron chi connectivity index (χ3n) is 2.25. The topological polar surface area (TPSA) is 46.6 Å². The van der Waals surface area contributed by atoms with Gasteiger partial charge in [-0.2, -0.15) is 0 Å². The van der Waals surface area contributed by atoms with Gasteiger partial charge in [-0.25, -0.2) is 4.79 Å². The molecule has 4 nitrogen and oxygen atoms in total. The van der Waals surface area contributed by atoms with Crippen molar-refractivity contribution < 1.29 is 14.3 Å². The Morgan fingerprint density at radius 1 is 1.73 bits per heavy atom. The number of fused-ring (bicyclic) bond motifs is 1. The maximum Gasteiger partial charge on any atom is 0.336 e. The van der Waals surface area contributed by atoms with Crippen LogP contribution in [-0.2, 0) is 14.3 Å². The van der Waals surface area contributed by atoms with E-state index in [-0.39, 0.29) is 17.3 Å². The zero-order valence-electron chi connectivity index (χ0n) is 7.94. The van der Waals surface area contributed by atoms with Gasteiger partial charge < -0.3 is 9.64 Å². The summed E-state index contributed by atoms with van der Waals surface area (Å²) in [5.74, 6) is 0.397. The summed E-state index contributed by atoms with van der Waals surface area (Å²) in [5.41, 5.74) is 0.574. The lowest BCUT2D eigenvalue weighted by molar-refractivity contribution is -0.139. The predicted octanol–water partition coefficient (Wildman–Crippen LogP) is 1.11. The first-order chi connectivity index (χ1) is 7.22. The molecule has 2 aliphatic heterocycles. The molecular weight excluding hydrogens is 282 g/mol. The fourth-order valence-electron chi connectivity index (χ4n) is 1.42. The highest BCUT2D eigenvalue weighted by atomic mass is 79.9. The molecule has 2 rings (SSSR count). The number of hydrogen-bond donors (Lipinski definition) is 0. The van der Waals surface area contributed by atoms with E-state index in [4.69, 9.17) is 4.74 Å². The Morgan fingerprint density at radius 2 is 2.53 bits per heavy atom. The van der Waals surface area contributed by atoms with Crippen molar-refractivity contribution in [2.24, 2.45) is 0 Å². The van der Waals surface area contributed by atoms with E-state index in [0.717, 1.165) is 0 Å². The molecule has 0 radical (unpaired) electrons. The number of hydrogen-bond acceptors (Lipinski definition) is 4. The SMILES string of the molecule is O=C(OCCBr)C1=CN2C(=O)C[C@H]2SC1. The van der Waals surface area contributed by atoms with E-state index in [2.05, 4.69) is 15.9 Å². The first-order valence-corrected chi connectivity index (χ1v) is 6.76. The minimum atomic E-state index is -0.319. The minimum absolute atomic E-state index is 0.0815. The Morgan fingerprint density at radius 3 is 3.20 bits per heavy atom. The number of nitrogens with zero attached hydrogens (tertiary/aromatic N) is 1. The predicted molar refractivity (Wildman–Crippen MR) is 60.5 cm³/mol. The maximum atomic E-state index is 11.5. The Hall–Kier alpha value is -0.490. The second-order valence-electron chi connectivity index (χ2n) is 3.25. The third-order valence-corrected chi connectivity index (χ3v) is 3.83. The van der Waals surface area contributed by atoms with Crippen LogP contribution in [0.2, 0.25) is 0 Å². The molecule has 0 spiro atoms. The van der Waals surface area contributed by atoms with Crippen molar-refractivity contribution in [1.82, 2.24) is 4.90 Å². The molecule has 1 amide bonds. The van der Waals surface area contributed by atoms with Crippen molar-refractivity contribution in [3.05, 3.63) is 11.8 Å². The van der Waals surface area contributed by atoms with E-state index in [9.17, 15) is 9.59 Å². The number of β-lactam (4-membered cyclic amide) rings is 1. The molecule has 15 heavy (non-hydrogen) atoms. The fraction of sp³-hybridized carbons (Fsp3) is 0.556. The normalized spacial score (nSPS) is 24.1. The van der Waals surface area contributed by atoms with Crippen LogP contribution in [0.4, 0.5) is 0 Å². The van der Waals surface area contributed by atoms with Gasteiger partial charge in [-0.15, -0.1) is 11.8 Å².